The fourth-order valence-corrected chi connectivity index (χ4v) is 1.60. The van der Waals surface area contributed by atoms with Gasteiger partial charge in [-0.3, -0.25) is 0 Å². The van der Waals surface area contributed by atoms with Crippen molar-refractivity contribution in [1.82, 2.24) is 4.98 Å². The molecule has 0 radical (unpaired) electrons. The fraction of sp³-hybridized carbons (Fsp3) is 0.583. The number of aromatic nitrogens is 1. The van der Waals surface area contributed by atoms with E-state index in [-0.39, 0.29) is 12.6 Å². The predicted molar refractivity (Wildman–Crippen MR) is 67.3 cm³/mol. The van der Waals surface area contributed by atoms with E-state index in [1.807, 2.05) is 13.0 Å². The highest BCUT2D eigenvalue weighted by Gasteiger charge is 2.14. The first-order chi connectivity index (χ1) is 7.54. The van der Waals surface area contributed by atoms with Crippen LogP contribution in [0.2, 0.25) is 0 Å². The molecule has 4 nitrogen and oxygen atoms in total. The van der Waals surface area contributed by atoms with Crippen LogP contribution in [0.15, 0.2) is 12.3 Å². The molecule has 1 rings (SSSR count). The van der Waals surface area contributed by atoms with E-state index >= 15 is 0 Å². The summed E-state index contributed by atoms with van der Waals surface area (Å²) in [6.45, 7) is 6.35. The monoisotopic (exact) mass is 223 g/mol. The molecule has 1 atom stereocenters. The van der Waals surface area contributed by atoms with Gasteiger partial charge < -0.3 is 16.2 Å². The smallest absolute Gasteiger partial charge is 0.149 e. The van der Waals surface area contributed by atoms with E-state index in [9.17, 15) is 0 Å². The molecule has 1 aromatic heterocycles. The lowest BCUT2D eigenvalue weighted by atomic mass is 10.0. The minimum atomic E-state index is 0.168. The second-order valence-corrected chi connectivity index (χ2v) is 4.46. The highest BCUT2D eigenvalue weighted by molar-refractivity contribution is 5.62. The molecule has 0 aliphatic carbocycles. The number of hydrogen-bond acceptors (Lipinski definition) is 4. The van der Waals surface area contributed by atoms with E-state index in [1.54, 1.807) is 6.20 Å². The number of anilines is 2. The van der Waals surface area contributed by atoms with Gasteiger partial charge in [-0.1, -0.05) is 13.8 Å². The van der Waals surface area contributed by atoms with Gasteiger partial charge in [0.25, 0.3) is 0 Å². The summed E-state index contributed by atoms with van der Waals surface area (Å²) in [5, 5.41) is 12.3. The normalized spacial score (nSPS) is 12.8. The zero-order chi connectivity index (χ0) is 12.1. The molecule has 1 unspecified atom stereocenters. The Bertz CT molecular complexity index is 339. The molecule has 0 saturated heterocycles. The number of aryl methyl sites for hydroxylation is 1. The molecular formula is C12H21N3O. The van der Waals surface area contributed by atoms with Gasteiger partial charge in [-0.15, -0.1) is 0 Å². The lowest BCUT2D eigenvalue weighted by molar-refractivity contribution is 0.267. The zero-order valence-corrected chi connectivity index (χ0v) is 10.2. The van der Waals surface area contributed by atoms with E-state index in [0.29, 0.717) is 23.8 Å². The Balaban J connectivity index is 2.77. The number of pyridine rings is 1. The van der Waals surface area contributed by atoms with Crippen molar-refractivity contribution in [1.29, 1.82) is 0 Å². The molecule has 16 heavy (non-hydrogen) atoms. The minimum absolute atomic E-state index is 0.168. The van der Waals surface area contributed by atoms with Gasteiger partial charge in [0.05, 0.1) is 5.69 Å². The lowest BCUT2D eigenvalue weighted by Gasteiger charge is -2.22. The summed E-state index contributed by atoms with van der Waals surface area (Å²) in [7, 11) is 0. The second kappa shape index (κ2) is 5.70. The summed E-state index contributed by atoms with van der Waals surface area (Å²) < 4.78 is 0. The van der Waals surface area contributed by atoms with Crippen LogP contribution in [0.4, 0.5) is 11.5 Å². The van der Waals surface area contributed by atoms with Gasteiger partial charge in [0.15, 0.2) is 0 Å². The molecule has 90 valence electrons. The van der Waals surface area contributed by atoms with Crippen LogP contribution in [0.5, 0.6) is 0 Å². The zero-order valence-electron chi connectivity index (χ0n) is 10.2. The molecule has 0 aliphatic heterocycles. The number of aliphatic hydroxyl groups excluding tert-OH is 1. The topological polar surface area (TPSA) is 71.2 Å². The van der Waals surface area contributed by atoms with Crippen molar-refractivity contribution in [2.75, 3.05) is 17.7 Å². The van der Waals surface area contributed by atoms with Gasteiger partial charge in [0.2, 0.25) is 0 Å². The van der Waals surface area contributed by atoms with Crippen molar-refractivity contribution < 1.29 is 5.11 Å². The van der Waals surface area contributed by atoms with Crippen LogP contribution < -0.4 is 11.1 Å². The Morgan fingerprint density at radius 3 is 2.69 bits per heavy atom. The molecule has 0 spiro atoms. The number of rotatable bonds is 5. The summed E-state index contributed by atoms with van der Waals surface area (Å²) in [4.78, 5) is 4.26. The summed E-state index contributed by atoms with van der Waals surface area (Å²) in [6, 6.07) is 2.09. The number of aliphatic hydroxyl groups is 1. The standard InChI is InChI=1S/C12H21N3O/c1-8(2)11(4-5-16)15-12-10(13)6-9(3)7-14-12/h6-8,11,16H,4-5,13H2,1-3H3,(H,14,15). The van der Waals surface area contributed by atoms with Crippen molar-refractivity contribution in [3.63, 3.8) is 0 Å². The number of nitrogen functional groups attached to an aromatic ring is 1. The van der Waals surface area contributed by atoms with Crippen molar-refractivity contribution in [2.24, 2.45) is 5.92 Å². The van der Waals surface area contributed by atoms with Crippen LogP contribution in [0.3, 0.4) is 0 Å². The van der Waals surface area contributed by atoms with E-state index in [0.717, 1.165) is 5.56 Å². The van der Waals surface area contributed by atoms with E-state index in [2.05, 4.69) is 24.1 Å². The quantitative estimate of drug-likeness (QED) is 0.711. The average Bonchev–Trinajstić information content (AvgIpc) is 2.20. The van der Waals surface area contributed by atoms with Gasteiger partial charge in [-0.05, 0) is 30.9 Å². The Morgan fingerprint density at radius 1 is 1.50 bits per heavy atom. The maximum atomic E-state index is 8.99. The van der Waals surface area contributed by atoms with Crippen molar-refractivity contribution >= 4 is 11.5 Å². The Hall–Kier alpha value is -1.29. The second-order valence-electron chi connectivity index (χ2n) is 4.46. The van der Waals surface area contributed by atoms with Crippen molar-refractivity contribution in [3.8, 4) is 0 Å². The minimum Gasteiger partial charge on any atom is -0.396 e. The third-order valence-electron chi connectivity index (χ3n) is 2.62. The van der Waals surface area contributed by atoms with Crippen LogP contribution in [-0.4, -0.2) is 22.7 Å². The Kier molecular flexibility index (Phi) is 4.55. The largest absolute Gasteiger partial charge is 0.396 e. The maximum Gasteiger partial charge on any atom is 0.149 e. The number of nitrogens with zero attached hydrogens (tertiary/aromatic N) is 1. The summed E-state index contributed by atoms with van der Waals surface area (Å²) in [6.07, 6.45) is 2.49. The molecule has 4 heteroatoms. The molecule has 0 fully saturated rings. The number of nitrogens with one attached hydrogen (secondary N) is 1. The molecule has 1 aromatic rings. The number of hydrogen-bond donors (Lipinski definition) is 3. The van der Waals surface area contributed by atoms with Crippen LogP contribution in [0.25, 0.3) is 0 Å². The fourth-order valence-electron chi connectivity index (χ4n) is 1.60. The highest BCUT2D eigenvalue weighted by Crippen LogP contribution is 2.19. The van der Waals surface area contributed by atoms with E-state index in [1.165, 1.54) is 0 Å². The molecule has 0 bridgehead atoms. The van der Waals surface area contributed by atoms with Gasteiger partial charge in [-0.25, -0.2) is 4.98 Å². The SMILES string of the molecule is Cc1cnc(NC(CCO)C(C)C)c(N)c1. The van der Waals surface area contributed by atoms with Crippen molar-refractivity contribution in [2.45, 2.75) is 33.2 Å². The Morgan fingerprint density at radius 2 is 2.19 bits per heavy atom. The molecule has 4 N–H and O–H groups in total. The molecular weight excluding hydrogens is 202 g/mol. The van der Waals surface area contributed by atoms with Crippen LogP contribution in [0.1, 0.15) is 25.8 Å². The highest BCUT2D eigenvalue weighted by atomic mass is 16.3. The van der Waals surface area contributed by atoms with Gasteiger partial charge >= 0.3 is 0 Å². The first kappa shape index (κ1) is 12.8. The molecule has 1 heterocycles. The molecule has 0 aromatic carbocycles. The first-order valence-electron chi connectivity index (χ1n) is 5.64. The predicted octanol–water partition coefficient (Wildman–Crippen LogP) is 1.79. The van der Waals surface area contributed by atoms with E-state index < -0.39 is 0 Å². The Labute approximate surface area is 96.9 Å². The number of nitrogens with two attached hydrogens (primary N) is 1. The van der Waals surface area contributed by atoms with Crippen LogP contribution >= 0.6 is 0 Å². The molecule has 0 amide bonds. The van der Waals surface area contributed by atoms with Gasteiger partial charge in [0, 0.05) is 18.8 Å². The van der Waals surface area contributed by atoms with Crippen LogP contribution in [0, 0.1) is 12.8 Å². The van der Waals surface area contributed by atoms with Gasteiger partial charge in [0.1, 0.15) is 5.82 Å². The summed E-state index contributed by atoms with van der Waals surface area (Å²) in [5.41, 5.74) is 7.58. The third kappa shape index (κ3) is 3.38. The summed E-state index contributed by atoms with van der Waals surface area (Å²) >= 11 is 0. The van der Waals surface area contributed by atoms with Gasteiger partial charge in [-0.2, -0.15) is 0 Å². The summed E-state index contributed by atoms with van der Waals surface area (Å²) in [5.74, 6) is 1.13. The van der Waals surface area contributed by atoms with Crippen molar-refractivity contribution in [3.05, 3.63) is 17.8 Å². The molecule has 0 aliphatic rings. The average molecular weight is 223 g/mol. The van der Waals surface area contributed by atoms with E-state index in [4.69, 9.17) is 10.8 Å². The third-order valence-corrected chi connectivity index (χ3v) is 2.62. The lowest BCUT2D eigenvalue weighted by Crippen LogP contribution is -2.27. The first-order valence-corrected chi connectivity index (χ1v) is 5.64. The molecule has 0 saturated carbocycles. The van der Waals surface area contributed by atoms with Crippen LogP contribution in [-0.2, 0) is 0 Å². The maximum absolute atomic E-state index is 8.99.